The first kappa shape index (κ1) is 20.8. The van der Waals surface area contributed by atoms with Crippen molar-refractivity contribution in [3.63, 3.8) is 0 Å². The van der Waals surface area contributed by atoms with Gasteiger partial charge < -0.3 is 10.1 Å². The van der Waals surface area contributed by atoms with Crippen molar-refractivity contribution in [2.75, 3.05) is 24.2 Å². The lowest BCUT2D eigenvalue weighted by Gasteiger charge is -2.23. The largest absolute Gasteiger partial charge is 0.497 e. The Morgan fingerprint density at radius 2 is 1.85 bits per heavy atom. The second kappa shape index (κ2) is 9.41. The molecule has 2 rings (SSSR count). The molecule has 1 atom stereocenters. The molecule has 0 radical (unpaired) electrons. The molecule has 0 saturated carbocycles. The number of carbonyl (C=O) groups is 1. The molecule has 0 heterocycles. The van der Waals surface area contributed by atoms with Gasteiger partial charge in [-0.15, -0.1) is 0 Å². The summed E-state index contributed by atoms with van der Waals surface area (Å²) in [5.41, 5.74) is 1.59. The number of carbonyl (C=O) groups excluding carboxylic acids is 1. The Morgan fingerprint density at radius 1 is 1.15 bits per heavy atom. The van der Waals surface area contributed by atoms with E-state index in [1.807, 2.05) is 37.3 Å². The molecule has 0 saturated heterocycles. The number of benzene rings is 2. The highest BCUT2D eigenvalue weighted by atomic mass is 32.2. The molecule has 6 nitrogen and oxygen atoms in total. The van der Waals surface area contributed by atoms with Gasteiger partial charge in [-0.3, -0.25) is 9.10 Å². The molecule has 1 amide bonds. The number of aryl methyl sites for hydroxylation is 1. The van der Waals surface area contributed by atoms with Gasteiger partial charge >= 0.3 is 0 Å². The Morgan fingerprint density at radius 3 is 2.48 bits per heavy atom. The molecule has 0 bridgehead atoms. The van der Waals surface area contributed by atoms with Crippen LogP contribution in [0.4, 0.5) is 5.69 Å². The van der Waals surface area contributed by atoms with Crippen LogP contribution in [0.5, 0.6) is 5.75 Å². The molecule has 7 heteroatoms. The first-order chi connectivity index (χ1) is 12.8. The first-order valence-electron chi connectivity index (χ1n) is 8.74. The summed E-state index contributed by atoms with van der Waals surface area (Å²) in [6, 6.07) is 16.6. The molecule has 2 aromatic carbocycles. The van der Waals surface area contributed by atoms with Crippen LogP contribution in [0.2, 0.25) is 0 Å². The topological polar surface area (TPSA) is 75.7 Å². The van der Waals surface area contributed by atoms with Gasteiger partial charge in [-0.25, -0.2) is 8.42 Å². The van der Waals surface area contributed by atoms with Crippen LogP contribution >= 0.6 is 0 Å². The summed E-state index contributed by atoms with van der Waals surface area (Å²) in [4.78, 5) is 12.4. The lowest BCUT2D eigenvalue weighted by Crippen LogP contribution is -2.43. The summed E-state index contributed by atoms with van der Waals surface area (Å²) < 4.78 is 30.6. The van der Waals surface area contributed by atoms with Gasteiger partial charge in [0.2, 0.25) is 15.9 Å². The summed E-state index contributed by atoms with van der Waals surface area (Å²) in [6.45, 7) is 1.64. The molecular formula is C20H26N2O4S. The lowest BCUT2D eigenvalue weighted by molar-refractivity contribution is -0.120. The van der Waals surface area contributed by atoms with E-state index < -0.39 is 10.0 Å². The number of rotatable bonds is 9. The fraction of sp³-hybridized carbons (Fsp3) is 0.350. The molecule has 0 aliphatic rings. The second-order valence-corrected chi connectivity index (χ2v) is 8.37. The zero-order valence-electron chi connectivity index (χ0n) is 15.9. The number of amides is 1. The van der Waals surface area contributed by atoms with Crippen LogP contribution in [0.3, 0.4) is 0 Å². The number of methoxy groups -OCH3 is 1. The van der Waals surface area contributed by atoms with Gasteiger partial charge in [-0.05, 0) is 37.5 Å². The highest BCUT2D eigenvalue weighted by Gasteiger charge is 2.22. The Hall–Kier alpha value is -2.54. The normalized spacial score (nSPS) is 12.3. The van der Waals surface area contributed by atoms with Crippen LogP contribution in [0.15, 0.2) is 54.6 Å². The molecule has 0 aromatic heterocycles. The number of nitrogens with zero attached hydrogens (tertiary/aromatic N) is 1. The summed E-state index contributed by atoms with van der Waals surface area (Å²) in [5.74, 6) is 0.182. The molecule has 1 N–H and O–H groups in total. The number of nitrogens with one attached hydrogen (secondary N) is 1. The van der Waals surface area contributed by atoms with E-state index in [2.05, 4.69) is 5.32 Å². The smallest absolute Gasteiger partial charge is 0.240 e. The molecule has 0 unspecified atom stereocenters. The highest BCUT2D eigenvalue weighted by Crippen LogP contribution is 2.22. The maximum atomic E-state index is 12.4. The fourth-order valence-corrected chi connectivity index (χ4v) is 3.56. The third-order valence-electron chi connectivity index (χ3n) is 4.15. The van der Waals surface area contributed by atoms with Crippen molar-refractivity contribution in [3.05, 3.63) is 60.2 Å². The maximum Gasteiger partial charge on any atom is 0.240 e. The van der Waals surface area contributed by atoms with E-state index in [0.717, 1.165) is 23.4 Å². The Labute approximate surface area is 161 Å². The number of sulfonamides is 1. The van der Waals surface area contributed by atoms with E-state index in [-0.39, 0.29) is 18.5 Å². The number of hydrogen-bond acceptors (Lipinski definition) is 4. The zero-order chi connectivity index (χ0) is 19.9. The highest BCUT2D eigenvalue weighted by molar-refractivity contribution is 7.92. The number of hydrogen-bond donors (Lipinski definition) is 1. The maximum absolute atomic E-state index is 12.4. The third-order valence-corrected chi connectivity index (χ3v) is 5.29. The fourth-order valence-electron chi connectivity index (χ4n) is 2.72. The van der Waals surface area contributed by atoms with Gasteiger partial charge in [0.05, 0.1) is 19.1 Å². The van der Waals surface area contributed by atoms with Crippen molar-refractivity contribution in [1.29, 1.82) is 0 Å². The zero-order valence-corrected chi connectivity index (χ0v) is 16.7. The van der Waals surface area contributed by atoms with Crippen LogP contribution in [0, 0.1) is 0 Å². The Bertz CT molecular complexity index is 853. The SMILES string of the molecule is COc1cccc(N(CC(=O)N[C@H](C)CCc2ccccc2)S(C)(=O)=O)c1. The van der Waals surface area contributed by atoms with E-state index in [1.165, 1.54) is 12.7 Å². The van der Waals surface area contributed by atoms with E-state index in [9.17, 15) is 13.2 Å². The van der Waals surface area contributed by atoms with Crippen LogP contribution < -0.4 is 14.4 Å². The van der Waals surface area contributed by atoms with Gasteiger partial charge in [0.15, 0.2) is 0 Å². The van der Waals surface area contributed by atoms with Gasteiger partial charge in [0, 0.05) is 12.1 Å². The van der Waals surface area contributed by atoms with Crippen molar-refractivity contribution < 1.29 is 17.9 Å². The van der Waals surface area contributed by atoms with Crippen molar-refractivity contribution in [3.8, 4) is 5.75 Å². The van der Waals surface area contributed by atoms with Crippen molar-refractivity contribution in [2.24, 2.45) is 0 Å². The van der Waals surface area contributed by atoms with E-state index in [4.69, 9.17) is 4.74 Å². The minimum atomic E-state index is -3.61. The summed E-state index contributed by atoms with van der Waals surface area (Å²) >= 11 is 0. The van der Waals surface area contributed by atoms with E-state index >= 15 is 0 Å². The Balaban J connectivity index is 1.99. The predicted octanol–water partition coefficient (Wildman–Crippen LogP) is 2.60. The average molecular weight is 391 g/mol. The minimum absolute atomic E-state index is 0.0653. The van der Waals surface area contributed by atoms with Crippen molar-refractivity contribution in [2.45, 2.75) is 25.8 Å². The average Bonchev–Trinajstić information content (AvgIpc) is 2.64. The van der Waals surface area contributed by atoms with Gasteiger partial charge in [-0.1, -0.05) is 36.4 Å². The second-order valence-electron chi connectivity index (χ2n) is 6.46. The summed E-state index contributed by atoms with van der Waals surface area (Å²) in [6.07, 6.45) is 2.69. The summed E-state index contributed by atoms with van der Waals surface area (Å²) in [7, 11) is -2.11. The molecule has 0 aliphatic carbocycles. The molecular weight excluding hydrogens is 364 g/mol. The summed E-state index contributed by atoms with van der Waals surface area (Å²) in [5, 5.41) is 2.87. The number of anilines is 1. The predicted molar refractivity (Wildman–Crippen MR) is 108 cm³/mol. The third kappa shape index (κ3) is 6.60. The van der Waals surface area contributed by atoms with Crippen LogP contribution in [0.1, 0.15) is 18.9 Å². The molecule has 27 heavy (non-hydrogen) atoms. The van der Waals surface area contributed by atoms with Crippen molar-refractivity contribution in [1.82, 2.24) is 5.32 Å². The van der Waals surface area contributed by atoms with Crippen LogP contribution in [0.25, 0.3) is 0 Å². The van der Waals surface area contributed by atoms with Crippen LogP contribution in [-0.2, 0) is 21.2 Å². The minimum Gasteiger partial charge on any atom is -0.497 e. The van der Waals surface area contributed by atoms with Gasteiger partial charge in [0.1, 0.15) is 12.3 Å². The first-order valence-corrected chi connectivity index (χ1v) is 10.6. The number of ether oxygens (including phenoxy) is 1. The molecule has 146 valence electrons. The van der Waals surface area contributed by atoms with Crippen molar-refractivity contribution >= 4 is 21.6 Å². The molecule has 0 spiro atoms. The molecule has 2 aromatic rings. The quantitative estimate of drug-likeness (QED) is 0.714. The molecule has 0 aliphatic heterocycles. The lowest BCUT2D eigenvalue weighted by atomic mass is 10.1. The standard InChI is InChI=1S/C20H26N2O4S/c1-16(12-13-17-8-5-4-6-9-17)21-20(23)15-22(27(3,24)25)18-10-7-11-19(14-18)26-2/h4-11,14,16H,12-13,15H2,1-3H3,(H,21,23)/t16-/m1/s1. The monoisotopic (exact) mass is 390 g/mol. The van der Waals surface area contributed by atoms with Gasteiger partial charge in [-0.2, -0.15) is 0 Å². The molecule has 0 fully saturated rings. The van der Waals surface area contributed by atoms with E-state index in [0.29, 0.717) is 11.4 Å². The van der Waals surface area contributed by atoms with Gasteiger partial charge in [0.25, 0.3) is 0 Å². The van der Waals surface area contributed by atoms with Crippen LogP contribution in [-0.4, -0.2) is 40.3 Å². The Kier molecular flexibility index (Phi) is 7.24. The van der Waals surface area contributed by atoms with E-state index in [1.54, 1.807) is 24.3 Å².